The highest BCUT2D eigenvalue weighted by Crippen LogP contribution is 2.18. The van der Waals surface area contributed by atoms with Gasteiger partial charge >= 0.3 is 6.18 Å². The van der Waals surface area contributed by atoms with Gasteiger partial charge < -0.3 is 0 Å². The van der Waals surface area contributed by atoms with Gasteiger partial charge in [0.2, 0.25) is 0 Å². The molecule has 0 aliphatic carbocycles. The first-order valence-electron chi connectivity index (χ1n) is 2.92. The molecule has 0 aliphatic rings. The zero-order valence-electron chi connectivity index (χ0n) is 5.74. The number of aromatic amines is 1. The molecule has 0 saturated carbocycles. The average molecular weight is 165 g/mol. The topological polar surface area (TPSA) is 41.6 Å². The van der Waals surface area contributed by atoms with E-state index in [1.54, 1.807) is 6.92 Å². The van der Waals surface area contributed by atoms with Gasteiger partial charge in [0.25, 0.3) is 0 Å². The molecule has 0 aliphatic heterocycles. The minimum Gasteiger partial charge on any atom is -0.263 e. The zero-order chi connectivity index (χ0) is 8.48. The van der Waals surface area contributed by atoms with Crippen LogP contribution in [0, 0.1) is 6.92 Å². The standard InChI is InChI=1S/C5H6F3N3/c1-3-9-4(11-10-3)2-5(6,7)8/h2H2,1H3,(H,9,10,11). The van der Waals surface area contributed by atoms with E-state index in [4.69, 9.17) is 0 Å². The summed E-state index contributed by atoms with van der Waals surface area (Å²) >= 11 is 0. The molecular formula is C5H6F3N3. The van der Waals surface area contributed by atoms with Gasteiger partial charge in [0, 0.05) is 0 Å². The Labute approximate surface area is 60.6 Å². The highest BCUT2D eigenvalue weighted by atomic mass is 19.4. The fourth-order valence-corrected chi connectivity index (χ4v) is 0.647. The number of alkyl halides is 3. The monoisotopic (exact) mass is 165 g/mol. The molecule has 1 aromatic rings. The van der Waals surface area contributed by atoms with Crippen LogP contribution in [0.25, 0.3) is 0 Å². The highest BCUT2D eigenvalue weighted by molar-refractivity contribution is 4.89. The molecule has 0 aromatic carbocycles. The highest BCUT2D eigenvalue weighted by Gasteiger charge is 2.29. The van der Waals surface area contributed by atoms with Gasteiger partial charge in [0.15, 0.2) is 5.82 Å². The van der Waals surface area contributed by atoms with Gasteiger partial charge in [-0.1, -0.05) is 0 Å². The molecule has 0 amide bonds. The van der Waals surface area contributed by atoms with Gasteiger partial charge in [-0.2, -0.15) is 18.3 Å². The predicted octanol–water partition coefficient (Wildman–Crippen LogP) is 1.22. The quantitative estimate of drug-likeness (QED) is 0.679. The van der Waals surface area contributed by atoms with Crippen molar-refractivity contribution < 1.29 is 13.2 Å². The summed E-state index contributed by atoms with van der Waals surface area (Å²) in [6, 6.07) is 0. The summed E-state index contributed by atoms with van der Waals surface area (Å²) in [5, 5.41) is 5.68. The van der Waals surface area contributed by atoms with Crippen molar-refractivity contribution in [3.8, 4) is 0 Å². The molecule has 1 heterocycles. The van der Waals surface area contributed by atoms with E-state index in [1.165, 1.54) is 0 Å². The molecule has 3 nitrogen and oxygen atoms in total. The fourth-order valence-electron chi connectivity index (χ4n) is 0.647. The Hall–Kier alpha value is -1.07. The summed E-state index contributed by atoms with van der Waals surface area (Å²) in [6.45, 7) is 1.55. The molecule has 0 unspecified atom stereocenters. The maximum Gasteiger partial charge on any atom is 0.396 e. The largest absolute Gasteiger partial charge is 0.396 e. The van der Waals surface area contributed by atoms with Crippen molar-refractivity contribution in [1.29, 1.82) is 0 Å². The van der Waals surface area contributed by atoms with Crippen molar-refractivity contribution in [2.45, 2.75) is 19.5 Å². The molecular weight excluding hydrogens is 159 g/mol. The van der Waals surface area contributed by atoms with E-state index in [1.807, 2.05) is 0 Å². The Morgan fingerprint density at radius 1 is 1.45 bits per heavy atom. The number of halogens is 3. The minimum absolute atomic E-state index is 0.213. The van der Waals surface area contributed by atoms with Gasteiger partial charge in [-0.15, -0.1) is 0 Å². The summed E-state index contributed by atoms with van der Waals surface area (Å²) in [4.78, 5) is 3.51. The second-order valence-corrected chi connectivity index (χ2v) is 2.13. The molecule has 0 bridgehead atoms. The number of aromatic nitrogens is 3. The first kappa shape index (κ1) is 8.03. The lowest BCUT2D eigenvalue weighted by Gasteiger charge is -2.00. The van der Waals surface area contributed by atoms with Crippen LogP contribution in [0.4, 0.5) is 13.2 Å². The van der Waals surface area contributed by atoms with E-state index in [2.05, 4.69) is 15.2 Å². The normalized spacial score (nSPS) is 12.0. The molecule has 0 radical (unpaired) electrons. The van der Waals surface area contributed by atoms with E-state index in [0.717, 1.165) is 0 Å². The van der Waals surface area contributed by atoms with Crippen LogP contribution in [0.2, 0.25) is 0 Å². The van der Waals surface area contributed by atoms with Crippen molar-refractivity contribution in [2.24, 2.45) is 0 Å². The van der Waals surface area contributed by atoms with Crippen LogP contribution < -0.4 is 0 Å². The number of hydrogen-bond acceptors (Lipinski definition) is 2. The Morgan fingerprint density at radius 3 is 2.45 bits per heavy atom. The number of nitrogens with one attached hydrogen (secondary N) is 1. The number of hydrogen-bond donors (Lipinski definition) is 1. The molecule has 0 spiro atoms. The number of nitrogens with zero attached hydrogens (tertiary/aromatic N) is 2. The van der Waals surface area contributed by atoms with Gasteiger partial charge in [-0.3, -0.25) is 5.10 Å². The van der Waals surface area contributed by atoms with Crippen LogP contribution in [0.1, 0.15) is 11.6 Å². The molecule has 0 atom stereocenters. The summed E-state index contributed by atoms with van der Waals surface area (Å²) < 4.78 is 35.0. The Bertz CT molecular complexity index is 239. The maximum atomic E-state index is 11.7. The Kier molecular flexibility index (Phi) is 1.84. The van der Waals surface area contributed by atoms with Crippen molar-refractivity contribution >= 4 is 0 Å². The van der Waals surface area contributed by atoms with Crippen LogP contribution in [-0.2, 0) is 6.42 Å². The lowest BCUT2D eigenvalue weighted by atomic mass is 10.4. The zero-order valence-corrected chi connectivity index (χ0v) is 5.74. The van der Waals surface area contributed by atoms with Crippen molar-refractivity contribution in [2.75, 3.05) is 0 Å². The minimum atomic E-state index is -4.23. The third-order valence-corrected chi connectivity index (χ3v) is 1.00. The third-order valence-electron chi connectivity index (χ3n) is 1.00. The molecule has 62 valence electrons. The molecule has 1 aromatic heterocycles. The summed E-state index contributed by atoms with van der Waals surface area (Å²) in [7, 11) is 0. The van der Waals surface area contributed by atoms with Crippen LogP contribution >= 0.6 is 0 Å². The number of H-pyrrole nitrogens is 1. The summed E-state index contributed by atoms with van der Waals surface area (Å²) in [6.07, 6.45) is -5.30. The molecule has 1 N–H and O–H groups in total. The van der Waals surface area contributed by atoms with Crippen molar-refractivity contribution in [3.05, 3.63) is 11.6 Å². The van der Waals surface area contributed by atoms with Gasteiger partial charge in [-0.05, 0) is 6.92 Å². The second kappa shape index (κ2) is 2.52. The van der Waals surface area contributed by atoms with E-state index in [-0.39, 0.29) is 5.82 Å². The SMILES string of the molecule is Cc1nc(CC(F)(F)F)n[nH]1. The summed E-state index contributed by atoms with van der Waals surface area (Å²) in [5.41, 5.74) is 0. The average Bonchev–Trinajstić information content (AvgIpc) is 2.10. The lowest BCUT2D eigenvalue weighted by molar-refractivity contribution is -0.128. The number of aryl methyl sites for hydroxylation is 1. The maximum absolute atomic E-state index is 11.7. The van der Waals surface area contributed by atoms with Crippen molar-refractivity contribution in [3.63, 3.8) is 0 Å². The van der Waals surface area contributed by atoms with Crippen LogP contribution in [0.5, 0.6) is 0 Å². The molecule has 0 fully saturated rings. The molecule has 6 heteroatoms. The Balaban J connectivity index is 2.65. The lowest BCUT2D eigenvalue weighted by Crippen LogP contribution is -2.12. The van der Waals surface area contributed by atoms with Crippen LogP contribution in [-0.4, -0.2) is 21.4 Å². The van der Waals surface area contributed by atoms with E-state index in [0.29, 0.717) is 5.82 Å². The van der Waals surface area contributed by atoms with Crippen LogP contribution in [0.15, 0.2) is 0 Å². The Morgan fingerprint density at radius 2 is 2.09 bits per heavy atom. The van der Waals surface area contributed by atoms with Gasteiger partial charge in [0.1, 0.15) is 12.2 Å². The second-order valence-electron chi connectivity index (χ2n) is 2.13. The van der Waals surface area contributed by atoms with E-state index in [9.17, 15) is 13.2 Å². The first-order valence-corrected chi connectivity index (χ1v) is 2.92. The van der Waals surface area contributed by atoms with Crippen LogP contribution in [0.3, 0.4) is 0 Å². The smallest absolute Gasteiger partial charge is 0.263 e. The predicted molar refractivity (Wildman–Crippen MR) is 30.9 cm³/mol. The fraction of sp³-hybridized carbons (Fsp3) is 0.600. The van der Waals surface area contributed by atoms with E-state index < -0.39 is 12.6 Å². The van der Waals surface area contributed by atoms with Gasteiger partial charge in [-0.25, -0.2) is 4.98 Å². The van der Waals surface area contributed by atoms with Crippen molar-refractivity contribution in [1.82, 2.24) is 15.2 Å². The molecule has 0 saturated heterocycles. The third kappa shape index (κ3) is 2.57. The molecule has 1 rings (SSSR count). The first-order chi connectivity index (χ1) is 4.97. The van der Waals surface area contributed by atoms with E-state index >= 15 is 0 Å². The molecule has 11 heavy (non-hydrogen) atoms. The summed E-state index contributed by atoms with van der Waals surface area (Å²) in [5.74, 6) is 0.180. The van der Waals surface area contributed by atoms with Gasteiger partial charge in [0.05, 0.1) is 0 Å². The number of rotatable bonds is 1.